The molecule has 76 valence electrons. The monoisotopic (exact) mass is 186 g/mol. The standard InChI is InChI=1S/C10H18O3/c1-7(11)10(2)6-9-8(13-10)4-3-5-12-9/h7-9,11H,3-6H2,1-2H3. The molecule has 0 aromatic heterocycles. The molecule has 2 saturated heterocycles. The van der Waals surface area contributed by atoms with Crippen LogP contribution < -0.4 is 0 Å². The van der Waals surface area contributed by atoms with Crippen LogP contribution in [0.5, 0.6) is 0 Å². The number of aliphatic hydroxyl groups excluding tert-OH is 1. The summed E-state index contributed by atoms with van der Waals surface area (Å²) in [6.45, 7) is 4.61. The fourth-order valence-corrected chi connectivity index (χ4v) is 2.20. The van der Waals surface area contributed by atoms with Gasteiger partial charge in [0.05, 0.1) is 23.9 Å². The van der Waals surface area contributed by atoms with Crippen LogP contribution in [0.1, 0.15) is 33.1 Å². The van der Waals surface area contributed by atoms with E-state index in [0.29, 0.717) is 0 Å². The number of hydrogen-bond donors (Lipinski definition) is 1. The third-order valence-corrected chi connectivity index (χ3v) is 3.29. The van der Waals surface area contributed by atoms with Gasteiger partial charge in [-0.25, -0.2) is 0 Å². The Labute approximate surface area is 79.0 Å². The summed E-state index contributed by atoms with van der Waals surface area (Å²) in [5.74, 6) is 0. The summed E-state index contributed by atoms with van der Waals surface area (Å²) in [5, 5.41) is 9.58. The van der Waals surface area contributed by atoms with Crippen LogP contribution in [0, 0.1) is 0 Å². The molecule has 2 rings (SSSR count). The Bertz CT molecular complexity index is 177. The molecule has 3 heteroatoms. The highest BCUT2D eigenvalue weighted by Gasteiger charge is 2.47. The lowest BCUT2D eigenvalue weighted by atomic mass is 9.94. The molecule has 0 amide bonds. The Hall–Kier alpha value is -0.120. The lowest BCUT2D eigenvalue weighted by Gasteiger charge is -2.27. The molecule has 1 N–H and O–H groups in total. The fraction of sp³-hybridized carbons (Fsp3) is 1.00. The molecule has 0 radical (unpaired) electrons. The average molecular weight is 186 g/mol. The Morgan fingerprint density at radius 3 is 2.85 bits per heavy atom. The number of rotatable bonds is 1. The topological polar surface area (TPSA) is 38.7 Å². The van der Waals surface area contributed by atoms with Gasteiger partial charge in [0, 0.05) is 13.0 Å². The minimum atomic E-state index is -0.415. The van der Waals surface area contributed by atoms with Gasteiger partial charge in [0.15, 0.2) is 0 Å². The second-order valence-electron chi connectivity index (χ2n) is 4.40. The Balaban J connectivity index is 2.05. The van der Waals surface area contributed by atoms with E-state index in [2.05, 4.69) is 0 Å². The second kappa shape index (κ2) is 3.23. The molecule has 13 heavy (non-hydrogen) atoms. The average Bonchev–Trinajstić information content (AvgIpc) is 2.42. The highest BCUT2D eigenvalue weighted by Crippen LogP contribution is 2.38. The van der Waals surface area contributed by atoms with Crippen LogP contribution in [-0.2, 0) is 9.47 Å². The first-order valence-electron chi connectivity index (χ1n) is 5.09. The maximum absolute atomic E-state index is 9.58. The van der Waals surface area contributed by atoms with Crippen LogP contribution in [0.4, 0.5) is 0 Å². The molecular formula is C10H18O3. The van der Waals surface area contributed by atoms with Crippen molar-refractivity contribution in [3.8, 4) is 0 Å². The van der Waals surface area contributed by atoms with Crippen molar-refractivity contribution in [1.82, 2.24) is 0 Å². The first kappa shape index (κ1) is 9.44. The first-order chi connectivity index (χ1) is 6.12. The van der Waals surface area contributed by atoms with Crippen LogP contribution in [0.25, 0.3) is 0 Å². The maximum atomic E-state index is 9.58. The van der Waals surface area contributed by atoms with Gasteiger partial charge in [0.2, 0.25) is 0 Å². The number of aliphatic hydroxyl groups is 1. The number of ether oxygens (including phenoxy) is 2. The fourth-order valence-electron chi connectivity index (χ4n) is 2.20. The summed E-state index contributed by atoms with van der Waals surface area (Å²) in [5.41, 5.74) is -0.389. The molecule has 2 aliphatic heterocycles. The summed E-state index contributed by atoms with van der Waals surface area (Å²) in [7, 11) is 0. The molecule has 4 unspecified atom stereocenters. The molecule has 0 bridgehead atoms. The molecule has 0 aromatic carbocycles. The van der Waals surface area contributed by atoms with Crippen molar-refractivity contribution < 1.29 is 14.6 Å². The highest BCUT2D eigenvalue weighted by atomic mass is 16.6. The Morgan fingerprint density at radius 2 is 2.23 bits per heavy atom. The normalized spacial score (nSPS) is 47.3. The number of hydrogen-bond acceptors (Lipinski definition) is 3. The molecule has 0 spiro atoms. The van der Waals surface area contributed by atoms with E-state index < -0.39 is 6.10 Å². The van der Waals surface area contributed by atoms with Crippen LogP contribution in [0.15, 0.2) is 0 Å². The van der Waals surface area contributed by atoms with Crippen molar-refractivity contribution in [2.45, 2.75) is 57.0 Å². The van der Waals surface area contributed by atoms with E-state index >= 15 is 0 Å². The summed E-state index contributed by atoms with van der Waals surface area (Å²) in [6, 6.07) is 0. The third kappa shape index (κ3) is 1.60. The lowest BCUT2D eigenvalue weighted by Crippen LogP contribution is -2.37. The van der Waals surface area contributed by atoms with Crippen molar-refractivity contribution in [3.05, 3.63) is 0 Å². The zero-order chi connectivity index (χ0) is 9.47. The van der Waals surface area contributed by atoms with Crippen molar-refractivity contribution in [1.29, 1.82) is 0 Å². The molecule has 0 aliphatic carbocycles. The minimum absolute atomic E-state index is 0.216. The molecule has 2 heterocycles. The van der Waals surface area contributed by atoms with Gasteiger partial charge in [-0.1, -0.05) is 0 Å². The molecule has 0 saturated carbocycles. The van der Waals surface area contributed by atoms with E-state index in [0.717, 1.165) is 25.9 Å². The van der Waals surface area contributed by atoms with E-state index in [1.807, 2.05) is 6.92 Å². The van der Waals surface area contributed by atoms with Gasteiger partial charge < -0.3 is 14.6 Å². The van der Waals surface area contributed by atoms with E-state index in [9.17, 15) is 5.11 Å². The highest BCUT2D eigenvalue weighted by molar-refractivity contribution is 4.96. The van der Waals surface area contributed by atoms with Crippen LogP contribution in [0.2, 0.25) is 0 Å². The summed E-state index contributed by atoms with van der Waals surface area (Å²) in [6.07, 6.45) is 3.00. The summed E-state index contributed by atoms with van der Waals surface area (Å²) >= 11 is 0. The zero-order valence-electron chi connectivity index (χ0n) is 8.32. The second-order valence-corrected chi connectivity index (χ2v) is 4.40. The minimum Gasteiger partial charge on any atom is -0.390 e. The van der Waals surface area contributed by atoms with Crippen molar-refractivity contribution in [2.24, 2.45) is 0 Å². The van der Waals surface area contributed by atoms with E-state index in [4.69, 9.17) is 9.47 Å². The molecule has 0 aromatic rings. The van der Waals surface area contributed by atoms with Gasteiger partial charge >= 0.3 is 0 Å². The van der Waals surface area contributed by atoms with Gasteiger partial charge in [-0.2, -0.15) is 0 Å². The van der Waals surface area contributed by atoms with E-state index in [1.165, 1.54) is 0 Å². The quantitative estimate of drug-likeness (QED) is 0.666. The van der Waals surface area contributed by atoms with Gasteiger partial charge in [0.25, 0.3) is 0 Å². The van der Waals surface area contributed by atoms with E-state index in [1.54, 1.807) is 6.92 Å². The first-order valence-corrected chi connectivity index (χ1v) is 5.09. The third-order valence-electron chi connectivity index (χ3n) is 3.29. The Morgan fingerprint density at radius 1 is 1.46 bits per heavy atom. The SMILES string of the molecule is CC(O)C1(C)CC2OCCCC2O1. The maximum Gasteiger partial charge on any atom is 0.0940 e. The van der Waals surface area contributed by atoms with Gasteiger partial charge in [0.1, 0.15) is 0 Å². The smallest absolute Gasteiger partial charge is 0.0940 e. The molecule has 2 fully saturated rings. The van der Waals surface area contributed by atoms with Crippen LogP contribution >= 0.6 is 0 Å². The zero-order valence-corrected chi connectivity index (χ0v) is 8.32. The predicted molar refractivity (Wildman–Crippen MR) is 48.5 cm³/mol. The summed E-state index contributed by atoms with van der Waals surface area (Å²) in [4.78, 5) is 0. The van der Waals surface area contributed by atoms with Crippen LogP contribution in [-0.4, -0.2) is 35.6 Å². The number of fused-ring (bicyclic) bond motifs is 1. The van der Waals surface area contributed by atoms with Crippen molar-refractivity contribution in [3.63, 3.8) is 0 Å². The molecule has 2 aliphatic rings. The van der Waals surface area contributed by atoms with Crippen molar-refractivity contribution >= 4 is 0 Å². The summed E-state index contributed by atoms with van der Waals surface area (Å²) < 4.78 is 11.5. The van der Waals surface area contributed by atoms with Gasteiger partial charge in [-0.3, -0.25) is 0 Å². The largest absolute Gasteiger partial charge is 0.390 e. The molecule has 3 nitrogen and oxygen atoms in total. The van der Waals surface area contributed by atoms with Crippen molar-refractivity contribution in [2.75, 3.05) is 6.61 Å². The molecule has 4 atom stereocenters. The predicted octanol–water partition coefficient (Wildman–Crippen LogP) is 1.09. The Kier molecular flexibility index (Phi) is 2.34. The van der Waals surface area contributed by atoms with Crippen LogP contribution in [0.3, 0.4) is 0 Å². The van der Waals surface area contributed by atoms with E-state index in [-0.39, 0.29) is 17.8 Å². The van der Waals surface area contributed by atoms with Gasteiger partial charge in [-0.05, 0) is 26.7 Å². The molecular weight excluding hydrogens is 168 g/mol. The van der Waals surface area contributed by atoms with Gasteiger partial charge in [-0.15, -0.1) is 0 Å². The lowest BCUT2D eigenvalue weighted by molar-refractivity contribution is -0.116.